The minimum atomic E-state index is 0.212. The van der Waals surface area contributed by atoms with Gasteiger partial charge >= 0.3 is 0 Å². The van der Waals surface area contributed by atoms with Gasteiger partial charge in [-0.3, -0.25) is 0 Å². The van der Waals surface area contributed by atoms with Crippen LogP contribution >= 0.6 is 11.6 Å². The summed E-state index contributed by atoms with van der Waals surface area (Å²) in [4.78, 5) is 0. The lowest BCUT2D eigenvalue weighted by Crippen LogP contribution is -2.13. The van der Waals surface area contributed by atoms with Crippen molar-refractivity contribution in [2.24, 2.45) is 0 Å². The number of nitrogens with one attached hydrogen (secondary N) is 1. The van der Waals surface area contributed by atoms with Crippen LogP contribution in [-0.4, -0.2) is 12.4 Å². The normalized spacial score (nSPS) is 11.6. The van der Waals surface area contributed by atoms with Crippen LogP contribution in [-0.2, 0) is 5.41 Å². The van der Waals surface area contributed by atoms with Crippen LogP contribution in [0.2, 0.25) is 0 Å². The summed E-state index contributed by atoms with van der Waals surface area (Å²) in [7, 11) is 0. The van der Waals surface area contributed by atoms with E-state index in [1.165, 1.54) is 22.4 Å². The minimum Gasteiger partial charge on any atom is -0.385 e. The highest BCUT2D eigenvalue weighted by Gasteiger charge is 2.15. The smallest absolute Gasteiger partial charge is 0.0399 e. The summed E-state index contributed by atoms with van der Waals surface area (Å²) in [5.74, 6) is 0.713. The maximum atomic E-state index is 5.69. The number of rotatable bonds is 4. The Bertz CT molecular complexity index is 354. The molecule has 0 atom stereocenters. The molecule has 0 radical (unpaired) electrons. The van der Waals surface area contributed by atoms with Crippen molar-refractivity contribution in [3.8, 4) is 0 Å². The number of anilines is 1. The SMILES string of the molecule is Cc1cc(C(C)(C)C)cc(C)c1NCCCCl. The summed E-state index contributed by atoms with van der Waals surface area (Å²) >= 11 is 5.69. The topological polar surface area (TPSA) is 12.0 Å². The molecule has 0 aliphatic heterocycles. The first kappa shape index (κ1) is 14.4. The predicted octanol–water partition coefficient (Wildman–Crippen LogP) is 4.64. The minimum absolute atomic E-state index is 0.212. The first-order chi connectivity index (χ1) is 7.86. The number of aryl methyl sites for hydroxylation is 2. The Morgan fingerprint density at radius 3 is 2.06 bits per heavy atom. The molecule has 2 heteroatoms. The van der Waals surface area contributed by atoms with Crippen LogP contribution in [0.25, 0.3) is 0 Å². The lowest BCUT2D eigenvalue weighted by molar-refractivity contribution is 0.589. The molecule has 0 aliphatic carbocycles. The van der Waals surface area contributed by atoms with Gasteiger partial charge in [-0.05, 0) is 42.4 Å². The maximum absolute atomic E-state index is 5.69. The number of halogens is 1. The molecule has 0 aromatic heterocycles. The lowest BCUT2D eigenvalue weighted by Gasteiger charge is -2.22. The van der Waals surface area contributed by atoms with Crippen molar-refractivity contribution in [2.75, 3.05) is 17.7 Å². The summed E-state index contributed by atoms with van der Waals surface area (Å²) < 4.78 is 0. The van der Waals surface area contributed by atoms with Crippen molar-refractivity contribution in [1.82, 2.24) is 0 Å². The molecule has 1 N–H and O–H groups in total. The second kappa shape index (κ2) is 5.77. The van der Waals surface area contributed by atoms with E-state index in [2.05, 4.69) is 52.1 Å². The lowest BCUT2D eigenvalue weighted by atomic mass is 9.85. The molecule has 96 valence electrons. The Hall–Kier alpha value is -0.690. The Labute approximate surface area is 111 Å². The average molecular weight is 254 g/mol. The standard InChI is InChI=1S/C15H24ClN/c1-11-9-13(15(3,4)5)10-12(2)14(11)17-8-6-7-16/h9-10,17H,6-8H2,1-5H3. The van der Waals surface area contributed by atoms with Crippen molar-refractivity contribution in [3.05, 3.63) is 28.8 Å². The van der Waals surface area contributed by atoms with Crippen LogP contribution in [0.15, 0.2) is 12.1 Å². The molecule has 0 saturated carbocycles. The molecule has 0 spiro atoms. The third-order valence-corrected chi connectivity index (χ3v) is 3.28. The van der Waals surface area contributed by atoms with Gasteiger partial charge in [-0.25, -0.2) is 0 Å². The van der Waals surface area contributed by atoms with Gasteiger partial charge in [-0.1, -0.05) is 32.9 Å². The van der Waals surface area contributed by atoms with Crippen molar-refractivity contribution >= 4 is 17.3 Å². The summed E-state index contributed by atoms with van der Waals surface area (Å²) in [6.45, 7) is 12.0. The summed E-state index contributed by atoms with van der Waals surface area (Å²) in [5.41, 5.74) is 5.52. The van der Waals surface area contributed by atoms with E-state index in [1.54, 1.807) is 0 Å². The van der Waals surface area contributed by atoms with Gasteiger partial charge in [-0.2, -0.15) is 0 Å². The summed E-state index contributed by atoms with van der Waals surface area (Å²) in [6.07, 6.45) is 1.00. The zero-order valence-corrected chi connectivity index (χ0v) is 12.4. The van der Waals surface area contributed by atoms with E-state index in [4.69, 9.17) is 11.6 Å². The number of benzene rings is 1. The number of hydrogen-bond donors (Lipinski definition) is 1. The maximum Gasteiger partial charge on any atom is 0.0399 e. The first-order valence-electron chi connectivity index (χ1n) is 6.28. The van der Waals surface area contributed by atoms with Gasteiger partial charge in [0.2, 0.25) is 0 Å². The molecule has 0 fully saturated rings. The summed E-state index contributed by atoms with van der Waals surface area (Å²) in [6, 6.07) is 4.58. The molecule has 0 aliphatic rings. The van der Waals surface area contributed by atoms with Gasteiger partial charge in [-0.15, -0.1) is 11.6 Å². The van der Waals surface area contributed by atoms with E-state index in [1.807, 2.05) is 0 Å². The largest absolute Gasteiger partial charge is 0.385 e. The van der Waals surface area contributed by atoms with E-state index < -0.39 is 0 Å². The van der Waals surface area contributed by atoms with Gasteiger partial charge in [0.15, 0.2) is 0 Å². The van der Waals surface area contributed by atoms with Gasteiger partial charge in [0.05, 0.1) is 0 Å². The highest BCUT2D eigenvalue weighted by molar-refractivity contribution is 6.17. The Balaban J connectivity index is 2.95. The predicted molar refractivity (Wildman–Crippen MR) is 78.4 cm³/mol. The second-order valence-corrected chi connectivity index (χ2v) is 6.08. The Kier molecular flexibility index (Phi) is 4.88. The van der Waals surface area contributed by atoms with Crippen molar-refractivity contribution in [3.63, 3.8) is 0 Å². The molecule has 1 nitrogen and oxygen atoms in total. The molecule has 1 rings (SSSR count). The van der Waals surface area contributed by atoms with E-state index in [0.29, 0.717) is 5.88 Å². The second-order valence-electron chi connectivity index (χ2n) is 5.70. The molecule has 17 heavy (non-hydrogen) atoms. The van der Waals surface area contributed by atoms with Crippen LogP contribution in [0.5, 0.6) is 0 Å². The summed E-state index contributed by atoms with van der Waals surface area (Å²) in [5, 5.41) is 3.48. The zero-order valence-electron chi connectivity index (χ0n) is 11.7. The van der Waals surface area contributed by atoms with Gasteiger partial charge in [0.25, 0.3) is 0 Å². The fourth-order valence-electron chi connectivity index (χ4n) is 1.96. The van der Waals surface area contributed by atoms with E-state index >= 15 is 0 Å². The van der Waals surface area contributed by atoms with Crippen molar-refractivity contribution < 1.29 is 0 Å². The van der Waals surface area contributed by atoms with E-state index in [9.17, 15) is 0 Å². The average Bonchev–Trinajstić information content (AvgIpc) is 2.20. The molecule has 0 unspecified atom stereocenters. The monoisotopic (exact) mass is 253 g/mol. The quantitative estimate of drug-likeness (QED) is 0.609. The van der Waals surface area contributed by atoms with Gasteiger partial charge in [0, 0.05) is 18.1 Å². The molecular weight excluding hydrogens is 230 g/mol. The van der Waals surface area contributed by atoms with Crippen LogP contribution in [0.1, 0.15) is 43.9 Å². The third kappa shape index (κ3) is 3.92. The number of hydrogen-bond acceptors (Lipinski definition) is 1. The molecular formula is C15H24ClN. The molecule has 0 bridgehead atoms. The Morgan fingerprint density at radius 2 is 1.65 bits per heavy atom. The van der Waals surface area contributed by atoms with Gasteiger partial charge in [0.1, 0.15) is 0 Å². The van der Waals surface area contributed by atoms with E-state index in [0.717, 1.165) is 13.0 Å². The highest BCUT2D eigenvalue weighted by atomic mass is 35.5. The van der Waals surface area contributed by atoms with Crippen LogP contribution in [0, 0.1) is 13.8 Å². The fraction of sp³-hybridized carbons (Fsp3) is 0.600. The number of alkyl halides is 1. The third-order valence-electron chi connectivity index (χ3n) is 3.01. The van der Waals surface area contributed by atoms with Crippen molar-refractivity contribution in [1.29, 1.82) is 0 Å². The fourth-order valence-corrected chi connectivity index (χ4v) is 2.09. The highest BCUT2D eigenvalue weighted by Crippen LogP contribution is 2.29. The van der Waals surface area contributed by atoms with Crippen LogP contribution in [0.4, 0.5) is 5.69 Å². The molecule has 1 aromatic rings. The molecule has 0 heterocycles. The van der Waals surface area contributed by atoms with Crippen LogP contribution in [0.3, 0.4) is 0 Å². The first-order valence-corrected chi connectivity index (χ1v) is 6.81. The van der Waals surface area contributed by atoms with E-state index in [-0.39, 0.29) is 5.41 Å². The van der Waals surface area contributed by atoms with Crippen LogP contribution < -0.4 is 5.32 Å². The molecule has 0 saturated heterocycles. The zero-order chi connectivity index (χ0) is 13.1. The molecule has 0 amide bonds. The van der Waals surface area contributed by atoms with Gasteiger partial charge < -0.3 is 5.32 Å². The Morgan fingerprint density at radius 1 is 1.12 bits per heavy atom. The molecule has 1 aromatic carbocycles. The van der Waals surface area contributed by atoms with Crippen molar-refractivity contribution in [2.45, 2.75) is 46.5 Å².